The van der Waals surface area contributed by atoms with Crippen molar-refractivity contribution < 1.29 is 9.90 Å². The molecule has 11 heavy (non-hydrogen) atoms. The van der Waals surface area contributed by atoms with E-state index in [9.17, 15) is 4.79 Å². The van der Waals surface area contributed by atoms with E-state index in [1.165, 1.54) is 0 Å². The summed E-state index contributed by atoms with van der Waals surface area (Å²) >= 11 is 0. The minimum absolute atomic E-state index is 0.109. The Hall–Kier alpha value is -1.37. The van der Waals surface area contributed by atoms with Gasteiger partial charge in [-0.25, -0.2) is 11.1 Å². The number of aliphatic carboxylic acids is 1. The van der Waals surface area contributed by atoms with Crippen LogP contribution in [0.3, 0.4) is 0 Å². The van der Waals surface area contributed by atoms with E-state index in [0.29, 0.717) is 0 Å². The van der Waals surface area contributed by atoms with Crippen molar-refractivity contribution in [2.24, 2.45) is 16.0 Å². The van der Waals surface area contributed by atoms with Crippen molar-refractivity contribution in [2.45, 2.75) is 18.6 Å². The second-order valence-electron chi connectivity index (χ2n) is 1.92. The molecule has 0 unspecified atom stereocenters. The average molecular weight is 159 g/mol. The van der Waals surface area contributed by atoms with Crippen LogP contribution < -0.4 is 5.73 Å². The second kappa shape index (κ2) is 4.45. The summed E-state index contributed by atoms with van der Waals surface area (Å²) in [6.07, 6.45) is -1.07. The topological polar surface area (TPSA) is 136 Å². The molecule has 0 aliphatic heterocycles. The lowest BCUT2D eigenvalue weighted by Gasteiger charge is -2.06. The van der Waals surface area contributed by atoms with Crippen LogP contribution >= 0.6 is 0 Å². The van der Waals surface area contributed by atoms with E-state index in [1.807, 2.05) is 0 Å². The van der Waals surface area contributed by atoms with Gasteiger partial charge in [0.05, 0.1) is 0 Å². The van der Waals surface area contributed by atoms with Crippen LogP contribution in [-0.4, -0.2) is 23.3 Å². The van der Waals surface area contributed by atoms with Crippen LogP contribution in [-0.2, 0) is 4.79 Å². The third-order valence-corrected chi connectivity index (χ3v) is 1.08. The van der Waals surface area contributed by atoms with Crippen molar-refractivity contribution in [1.29, 1.82) is 11.1 Å². The van der Waals surface area contributed by atoms with Gasteiger partial charge < -0.3 is 10.8 Å². The van der Waals surface area contributed by atoms with Crippen molar-refractivity contribution >= 4 is 5.97 Å². The number of rotatable bonds is 5. The molecule has 0 rings (SSSR count). The Kier molecular flexibility index (Phi) is 3.89. The third kappa shape index (κ3) is 3.36. The number of carboxylic acid groups (broad SMARTS) is 1. The Bertz CT molecular complexity index is 162. The van der Waals surface area contributed by atoms with Crippen molar-refractivity contribution in [3.63, 3.8) is 0 Å². The zero-order valence-corrected chi connectivity index (χ0v) is 5.69. The summed E-state index contributed by atoms with van der Waals surface area (Å²) in [4.78, 5) is 10.1. The predicted molar refractivity (Wildman–Crippen MR) is 34.3 cm³/mol. The SMILES string of the molecule is N=NC(C[C@H](N)C(=O)O)N=N. The van der Waals surface area contributed by atoms with Crippen LogP contribution in [0.5, 0.6) is 0 Å². The van der Waals surface area contributed by atoms with E-state index in [1.54, 1.807) is 0 Å². The van der Waals surface area contributed by atoms with Gasteiger partial charge in [0.25, 0.3) is 0 Å². The highest BCUT2D eigenvalue weighted by molar-refractivity contribution is 5.73. The number of hydrogen-bond acceptors (Lipinski definition) is 6. The molecular weight excluding hydrogens is 150 g/mol. The first-order valence-corrected chi connectivity index (χ1v) is 2.83. The molecule has 0 aliphatic carbocycles. The van der Waals surface area contributed by atoms with Gasteiger partial charge in [0.1, 0.15) is 6.04 Å². The molecule has 0 heterocycles. The maximum atomic E-state index is 10.1. The summed E-state index contributed by atoms with van der Waals surface area (Å²) in [5, 5.41) is 14.1. The maximum absolute atomic E-state index is 10.1. The van der Waals surface area contributed by atoms with Crippen LogP contribution in [0.4, 0.5) is 0 Å². The molecule has 0 aromatic carbocycles. The largest absolute Gasteiger partial charge is 0.480 e. The van der Waals surface area contributed by atoms with E-state index in [0.717, 1.165) is 0 Å². The lowest BCUT2D eigenvalue weighted by molar-refractivity contribution is -0.138. The zero-order valence-electron chi connectivity index (χ0n) is 5.69. The number of carboxylic acids is 1. The van der Waals surface area contributed by atoms with Crippen molar-refractivity contribution in [1.82, 2.24) is 0 Å². The van der Waals surface area contributed by atoms with Gasteiger partial charge in [0.2, 0.25) is 0 Å². The second-order valence-corrected chi connectivity index (χ2v) is 1.92. The summed E-state index contributed by atoms with van der Waals surface area (Å²) < 4.78 is 0. The third-order valence-electron chi connectivity index (χ3n) is 1.08. The van der Waals surface area contributed by atoms with Crippen molar-refractivity contribution in [3.8, 4) is 0 Å². The van der Waals surface area contributed by atoms with Crippen LogP contribution in [0.15, 0.2) is 10.2 Å². The summed E-state index contributed by atoms with van der Waals surface area (Å²) in [6.45, 7) is 0. The Balaban J connectivity index is 3.90. The van der Waals surface area contributed by atoms with Crippen LogP contribution in [0, 0.1) is 11.1 Å². The molecule has 0 aromatic heterocycles. The average Bonchev–Trinajstić information content (AvgIpc) is 1.99. The lowest BCUT2D eigenvalue weighted by atomic mass is 10.2. The molecule has 0 fully saturated rings. The van der Waals surface area contributed by atoms with Gasteiger partial charge in [-0.2, -0.15) is 10.2 Å². The number of nitrogens with one attached hydrogen (secondary N) is 2. The van der Waals surface area contributed by atoms with Gasteiger partial charge in [-0.05, 0) is 0 Å². The monoisotopic (exact) mass is 159 g/mol. The fraction of sp³-hybridized carbons (Fsp3) is 0.750. The molecule has 62 valence electrons. The van der Waals surface area contributed by atoms with Gasteiger partial charge in [0, 0.05) is 6.42 Å². The van der Waals surface area contributed by atoms with Crippen LogP contribution in [0.25, 0.3) is 0 Å². The first-order chi connectivity index (χ1) is 5.11. The molecule has 7 heteroatoms. The van der Waals surface area contributed by atoms with Crippen molar-refractivity contribution in [3.05, 3.63) is 0 Å². The molecule has 7 nitrogen and oxygen atoms in total. The Labute approximate surface area is 62.6 Å². The maximum Gasteiger partial charge on any atom is 0.320 e. The van der Waals surface area contributed by atoms with Crippen LogP contribution in [0.2, 0.25) is 0 Å². The Morgan fingerprint density at radius 2 is 2.00 bits per heavy atom. The number of nitrogens with zero attached hydrogens (tertiary/aromatic N) is 2. The van der Waals surface area contributed by atoms with Gasteiger partial charge >= 0.3 is 5.97 Å². The molecule has 0 bridgehead atoms. The fourth-order valence-corrected chi connectivity index (χ4v) is 0.462. The Morgan fingerprint density at radius 3 is 2.27 bits per heavy atom. The first kappa shape index (κ1) is 9.63. The lowest BCUT2D eigenvalue weighted by Crippen LogP contribution is -2.32. The molecule has 5 N–H and O–H groups in total. The van der Waals surface area contributed by atoms with E-state index in [-0.39, 0.29) is 6.42 Å². The number of carbonyl (C=O) groups is 1. The Morgan fingerprint density at radius 1 is 1.55 bits per heavy atom. The number of hydrogen-bond donors (Lipinski definition) is 4. The van der Waals surface area contributed by atoms with Crippen LogP contribution in [0.1, 0.15) is 6.42 Å². The molecule has 0 aromatic rings. The molecule has 0 saturated heterocycles. The minimum atomic E-state index is -1.18. The van der Waals surface area contributed by atoms with Crippen molar-refractivity contribution in [2.75, 3.05) is 0 Å². The summed E-state index contributed by atoms with van der Waals surface area (Å²) in [5.41, 5.74) is 18.0. The fourth-order valence-electron chi connectivity index (χ4n) is 0.462. The smallest absolute Gasteiger partial charge is 0.320 e. The van der Waals surface area contributed by atoms with Gasteiger partial charge in [-0.1, -0.05) is 0 Å². The molecule has 1 atom stereocenters. The number of nitrogens with two attached hydrogens (primary N) is 1. The van der Waals surface area contributed by atoms with Gasteiger partial charge in [0.15, 0.2) is 6.17 Å². The summed E-state index contributed by atoms with van der Waals surface area (Å²) in [5.74, 6) is -1.18. The highest BCUT2D eigenvalue weighted by atomic mass is 16.4. The van der Waals surface area contributed by atoms with E-state index in [2.05, 4.69) is 10.2 Å². The van der Waals surface area contributed by atoms with E-state index in [4.69, 9.17) is 21.9 Å². The highest BCUT2D eigenvalue weighted by Gasteiger charge is 2.17. The van der Waals surface area contributed by atoms with E-state index >= 15 is 0 Å². The molecule has 0 radical (unpaired) electrons. The summed E-state index contributed by atoms with van der Waals surface area (Å²) in [7, 11) is 0. The van der Waals surface area contributed by atoms with Gasteiger partial charge in [-0.15, -0.1) is 0 Å². The quantitative estimate of drug-likeness (QED) is 0.425. The molecular formula is C4H9N5O2. The normalized spacial score (nSPS) is 15.0. The zero-order chi connectivity index (χ0) is 8.85. The molecule has 0 saturated carbocycles. The standard InChI is InChI=1S/C4H9N5O2/c5-2(4(10)11)1-3(8-6)9-7/h2-3,6-7H,1,5H2,(H,10,11)/t2-,3?/m0/s1. The predicted octanol–water partition coefficient (Wildman–Crippen LogP) is 0.176. The van der Waals surface area contributed by atoms with E-state index < -0.39 is 18.2 Å². The minimum Gasteiger partial charge on any atom is -0.480 e. The molecule has 0 spiro atoms. The first-order valence-electron chi connectivity index (χ1n) is 2.83. The molecule has 0 aliphatic rings. The summed E-state index contributed by atoms with van der Waals surface area (Å²) in [6, 6.07) is -1.11. The molecule has 0 amide bonds. The van der Waals surface area contributed by atoms with Gasteiger partial charge in [-0.3, -0.25) is 4.79 Å². The highest BCUT2D eigenvalue weighted by Crippen LogP contribution is 2.01.